The van der Waals surface area contributed by atoms with Crippen LogP contribution < -0.4 is 0 Å². The van der Waals surface area contributed by atoms with Crippen LogP contribution >= 0.6 is 0 Å². The van der Waals surface area contributed by atoms with Gasteiger partial charge in [0.25, 0.3) is 0 Å². The number of hydrogen-bond donors (Lipinski definition) is 0. The molecular weight excluding hydrogens is 382 g/mol. The Labute approximate surface area is 183 Å². The third-order valence-corrected chi connectivity index (χ3v) is 5.55. The zero-order valence-corrected chi connectivity index (χ0v) is 17.7. The predicted octanol–water partition coefficient (Wildman–Crippen LogP) is 8.14. The minimum absolute atomic E-state index is 0.548. The molecule has 6 rings (SSSR count). The van der Waals surface area contributed by atoms with Gasteiger partial charge in [-0.05, 0) is 53.7 Å². The second kappa shape index (κ2) is 6.45. The van der Waals surface area contributed by atoms with Gasteiger partial charge >= 0.3 is 0 Å². The molecule has 0 aliphatic rings. The Morgan fingerprint density at radius 1 is 0.774 bits per heavy atom. The molecule has 0 atom stereocenters. The van der Waals surface area contributed by atoms with Crippen molar-refractivity contribution in [2.45, 2.75) is 27.1 Å². The van der Waals surface area contributed by atoms with Crippen LogP contribution in [0, 0.1) is 5.41 Å². The molecule has 3 aromatic carbocycles. The zero-order valence-electron chi connectivity index (χ0n) is 19.7. The van der Waals surface area contributed by atoms with Crippen molar-refractivity contribution in [2.75, 3.05) is 0 Å². The van der Waals surface area contributed by atoms with Crippen molar-refractivity contribution >= 4 is 43.9 Å². The van der Waals surface area contributed by atoms with Gasteiger partial charge in [0.2, 0.25) is 0 Å². The molecular formula is C28H23NO2. The van der Waals surface area contributed by atoms with Crippen LogP contribution in [0.25, 0.3) is 55.1 Å². The van der Waals surface area contributed by atoms with Crippen molar-refractivity contribution in [1.29, 1.82) is 0 Å². The van der Waals surface area contributed by atoms with Crippen molar-refractivity contribution < 1.29 is 11.6 Å². The number of rotatable bonds is 2. The largest absolute Gasteiger partial charge is 0.456 e. The highest BCUT2D eigenvalue weighted by Crippen LogP contribution is 2.39. The van der Waals surface area contributed by atoms with Crippen LogP contribution in [0.1, 0.15) is 29.1 Å². The number of pyridine rings is 1. The van der Waals surface area contributed by atoms with Gasteiger partial charge in [0.05, 0.1) is 5.69 Å². The molecule has 6 aromatic rings. The number of fused-ring (bicyclic) bond motifs is 6. The summed E-state index contributed by atoms with van der Waals surface area (Å²) in [5, 5.41) is 4.06. The lowest BCUT2D eigenvalue weighted by Crippen LogP contribution is -2.09. The first kappa shape index (κ1) is 16.1. The Hall–Kier alpha value is -3.59. The summed E-state index contributed by atoms with van der Waals surface area (Å²) in [4.78, 5) is 4.57. The van der Waals surface area contributed by atoms with Gasteiger partial charge in [0, 0.05) is 36.0 Å². The molecule has 0 spiro atoms. The summed E-state index contributed by atoms with van der Waals surface area (Å²) in [5.41, 5.74) is 4.82. The molecule has 0 aliphatic heterocycles. The SMILES string of the molecule is [2H]C([2H])(c1ccnc(-c2cccc3c2oc2cc4c(cc23)oc2ccccc24)c1)C(C)(C)C. The van der Waals surface area contributed by atoms with E-state index >= 15 is 0 Å². The molecule has 0 bridgehead atoms. The van der Waals surface area contributed by atoms with Crippen LogP contribution in [0.15, 0.2) is 81.8 Å². The first-order valence-electron chi connectivity index (χ1n) is 11.5. The molecule has 152 valence electrons. The molecule has 0 fully saturated rings. The van der Waals surface area contributed by atoms with Crippen molar-refractivity contribution in [3.8, 4) is 11.3 Å². The highest BCUT2D eigenvalue weighted by atomic mass is 16.3. The Bertz CT molecular complexity index is 1690. The molecule has 0 saturated carbocycles. The predicted molar refractivity (Wildman–Crippen MR) is 127 cm³/mol. The van der Waals surface area contributed by atoms with Crippen molar-refractivity contribution in [3.63, 3.8) is 0 Å². The molecule has 3 heterocycles. The lowest BCUT2D eigenvalue weighted by atomic mass is 9.88. The Kier molecular flexibility index (Phi) is 3.36. The van der Waals surface area contributed by atoms with Gasteiger partial charge in [-0.15, -0.1) is 0 Å². The summed E-state index contributed by atoms with van der Waals surface area (Å²) in [5.74, 6) is 0. The minimum Gasteiger partial charge on any atom is -0.456 e. The van der Waals surface area contributed by atoms with Gasteiger partial charge in [-0.25, -0.2) is 0 Å². The molecule has 31 heavy (non-hydrogen) atoms. The van der Waals surface area contributed by atoms with Crippen molar-refractivity contribution in [2.24, 2.45) is 5.41 Å². The summed E-state index contributed by atoms with van der Waals surface area (Å²) in [6.45, 7) is 5.73. The van der Waals surface area contributed by atoms with E-state index in [0.717, 1.165) is 49.4 Å². The van der Waals surface area contributed by atoms with E-state index in [0.29, 0.717) is 11.3 Å². The Morgan fingerprint density at radius 2 is 1.52 bits per heavy atom. The van der Waals surface area contributed by atoms with E-state index in [4.69, 9.17) is 11.6 Å². The third-order valence-electron chi connectivity index (χ3n) is 5.55. The highest BCUT2D eigenvalue weighted by Gasteiger charge is 2.17. The van der Waals surface area contributed by atoms with Crippen molar-refractivity contribution in [3.05, 3.63) is 78.5 Å². The fourth-order valence-electron chi connectivity index (χ4n) is 4.31. The summed E-state index contributed by atoms with van der Waals surface area (Å²) in [6, 6.07) is 21.7. The van der Waals surface area contributed by atoms with E-state index in [-0.39, 0.29) is 0 Å². The fourth-order valence-corrected chi connectivity index (χ4v) is 4.31. The maximum atomic E-state index is 8.66. The van der Waals surface area contributed by atoms with Gasteiger partial charge in [-0.1, -0.05) is 51.1 Å². The van der Waals surface area contributed by atoms with Crippen molar-refractivity contribution in [1.82, 2.24) is 4.98 Å². The van der Waals surface area contributed by atoms with E-state index in [9.17, 15) is 0 Å². The smallest absolute Gasteiger partial charge is 0.144 e. The maximum Gasteiger partial charge on any atom is 0.144 e. The van der Waals surface area contributed by atoms with Crippen LogP contribution in [-0.4, -0.2) is 4.98 Å². The van der Waals surface area contributed by atoms with E-state index in [1.165, 1.54) is 0 Å². The normalized spacial score (nSPS) is 13.9. The van der Waals surface area contributed by atoms with Crippen LogP contribution in [0.4, 0.5) is 0 Å². The molecule has 3 nitrogen and oxygen atoms in total. The lowest BCUT2D eigenvalue weighted by Gasteiger charge is -2.18. The average Bonchev–Trinajstić information content (AvgIpc) is 3.34. The first-order valence-corrected chi connectivity index (χ1v) is 10.5. The van der Waals surface area contributed by atoms with E-state index in [1.54, 1.807) is 12.3 Å². The van der Waals surface area contributed by atoms with E-state index in [2.05, 4.69) is 11.1 Å². The number of para-hydroxylation sites is 2. The standard InChI is InChI=1S/C28H23NO2/c1-28(2,3)16-17-11-12-29-23(13-17)20-9-6-8-19-22-15-25-21(14-26(22)31-27(19)20)18-7-4-5-10-24(18)30-25/h4-15H,16H2,1-3H3/i16D2. The van der Waals surface area contributed by atoms with E-state index in [1.807, 2.05) is 75.4 Å². The summed E-state index contributed by atoms with van der Waals surface area (Å²) in [7, 11) is 0. The third kappa shape index (κ3) is 3.00. The molecule has 0 aliphatic carbocycles. The molecule has 3 aromatic heterocycles. The minimum atomic E-state index is -1.50. The van der Waals surface area contributed by atoms with Crippen LogP contribution in [0.2, 0.25) is 0 Å². The molecule has 0 unspecified atom stereocenters. The number of aromatic nitrogens is 1. The zero-order chi connectivity index (χ0) is 23.0. The van der Waals surface area contributed by atoms with Gasteiger partial charge in [-0.3, -0.25) is 4.98 Å². The maximum absolute atomic E-state index is 8.66. The number of benzene rings is 3. The first-order chi connectivity index (χ1) is 15.7. The summed E-state index contributed by atoms with van der Waals surface area (Å²) >= 11 is 0. The van der Waals surface area contributed by atoms with Gasteiger partial charge < -0.3 is 8.83 Å². The average molecular weight is 408 g/mol. The second-order valence-corrected chi connectivity index (χ2v) is 9.03. The summed E-state index contributed by atoms with van der Waals surface area (Å²) < 4.78 is 29.8. The Morgan fingerprint density at radius 3 is 2.35 bits per heavy atom. The quantitative estimate of drug-likeness (QED) is 0.291. The van der Waals surface area contributed by atoms with Gasteiger partial charge in [0.1, 0.15) is 22.3 Å². The molecule has 0 radical (unpaired) electrons. The van der Waals surface area contributed by atoms with Gasteiger partial charge in [0.15, 0.2) is 0 Å². The van der Waals surface area contributed by atoms with Crippen LogP contribution in [-0.2, 0) is 6.37 Å². The number of nitrogens with zero attached hydrogens (tertiary/aromatic N) is 1. The molecule has 0 N–H and O–H groups in total. The summed E-state index contributed by atoms with van der Waals surface area (Å²) in [6.07, 6.45) is 0.174. The highest BCUT2D eigenvalue weighted by molar-refractivity contribution is 6.16. The Balaban J connectivity index is 1.58. The van der Waals surface area contributed by atoms with Gasteiger partial charge in [-0.2, -0.15) is 0 Å². The lowest BCUT2D eigenvalue weighted by molar-refractivity contribution is 0.411. The molecule has 0 amide bonds. The second-order valence-electron chi connectivity index (χ2n) is 9.03. The van der Waals surface area contributed by atoms with Crippen LogP contribution in [0.3, 0.4) is 0 Å². The monoisotopic (exact) mass is 407 g/mol. The van der Waals surface area contributed by atoms with E-state index < -0.39 is 11.8 Å². The molecule has 3 heteroatoms. The number of furan rings is 2. The number of hydrogen-bond acceptors (Lipinski definition) is 3. The molecule has 0 saturated heterocycles. The fraction of sp³-hybridized carbons (Fsp3) is 0.179. The van der Waals surface area contributed by atoms with Crippen LogP contribution in [0.5, 0.6) is 0 Å². The topological polar surface area (TPSA) is 39.2 Å².